The van der Waals surface area contributed by atoms with Crippen molar-refractivity contribution in [2.75, 3.05) is 7.05 Å². The molecule has 19 heavy (non-hydrogen) atoms. The highest BCUT2D eigenvalue weighted by molar-refractivity contribution is 9.10. The Hall–Kier alpha value is -0.780. The van der Waals surface area contributed by atoms with Crippen LogP contribution in [-0.2, 0) is 0 Å². The number of hydrogen-bond acceptors (Lipinski definition) is 1. The molecule has 0 heterocycles. The molecule has 2 rings (SSSR count). The molecule has 1 atom stereocenters. The first-order valence-electron chi connectivity index (χ1n) is 5.60. The van der Waals surface area contributed by atoms with Crippen molar-refractivity contribution in [1.82, 2.24) is 5.32 Å². The van der Waals surface area contributed by atoms with Crippen molar-refractivity contribution < 1.29 is 8.78 Å². The van der Waals surface area contributed by atoms with Gasteiger partial charge >= 0.3 is 0 Å². The molecule has 0 saturated carbocycles. The zero-order valence-corrected chi connectivity index (χ0v) is 13.2. The first-order valence-corrected chi connectivity index (χ1v) is 7.18. The molecule has 2 aromatic carbocycles. The van der Waals surface area contributed by atoms with Crippen LogP contribution in [0.15, 0.2) is 45.3 Å². The lowest BCUT2D eigenvalue weighted by molar-refractivity contribution is 0.573. The summed E-state index contributed by atoms with van der Waals surface area (Å²) in [6, 6.07) is 9.08. The molecule has 2 aromatic rings. The molecule has 0 aliphatic rings. The summed E-state index contributed by atoms with van der Waals surface area (Å²) in [5.41, 5.74) is 1.29. The molecule has 0 bridgehead atoms. The summed E-state index contributed by atoms with van der Waals surface area (Å²) in [6.07, 6.45) is 0. The van der Waals surface area contributed by atoms with Gasteiger partial charge in [0.05, 0.1) is 10.5 Å². The lowest BCUT2D eigenvalue weighted by Gasteiger charge is -2.18. The average molecular weight is 391 g/mol. The van der Waals surface area contributed by atoms with Crippen molar-refractivity contribution in [3.05, 3.63) is 68.1 Å². The van der Waals surface area contributed by atoms with Crippen LogP contribution in [-0.4, -0.2) is 7.05 Å². The Labute approximate surface area is 127 Å². The van der Waals surface area contributed by atoms with E-state index in [1.165, 1.54) is 12.1 Å². The minimum atomic E-state index is -0.340. The first kappa shape index (κ1) is 14.6. The minimum absolute atomic E-state index is 0.303. The molecule has 0 aromatic heterocycles. The Morgan fingerprint density at radius 2 is 1.68 bits per heavy atom. The van der Waals surface area contributed by atoms with Crippen LogP contribution in [0.3, 0.4) is 0 Å². The van der Waals surface area contributed by atoms with Gasteiger partial charge in [0.15, 0.2) is 0 Å². The molecule has 1 N–H and O–H groups in total. The SMILES string of the molecule is CNC(c1ccc(F)c(Br)c1)c1cc(Br)ccc1F. The second-order valence-electron chi connectivity index (χ2n) is 4.06. The maximum absolute atomic E-state index is 13.9. The van der Waals surface area contributed by atoms with E-state index in [9.17, 15) is 8.78 Å². The summed E-state index contributed by atoms with van der Waals surface area (Å²) in [7, 11) is 1.74. The number of hydrogen-bond donors (Lipinski definition) is 1. The van der Waals surface area contributed by atoms with Gasteiger partial charge in [0.25, 0.3) is 0 Å². The van der Waals surface area contributed by atoms with Crippen LogP contribution in [0.5, 0.6) is 0 Å². The van der Waals surface area contributed by atoms with Gasteiger partial charge in [-0.2, -0.15) is 0 Å². The summed E-state index contributed by atoms with van der Waals surface area (Å²) >= 11 is 6.47. The number of halogens is 4. The summed E-state index contributed by atoms with van der Waals surface area (Å²) in [5, 5.41) is 3.05. The summed E-state index contributed by atoms with van der Waals surface area (Å²) in [4.78, 5) is 0. The molecule has 0 fully saturated rings. The third-order valence-electron chi connectivity index (χ3n) is 2.83. The van der Waals surface area contributed by atoms with Crippen LogP contribution in [0.25, 0.3) is 0 Å². The topological polar surface area (TPSA) is 12.0 Å². The molecule has 0 amide bonds. The van der Waals surface area contributed by atoms with E-state index in [4.69, 9.17) is 0 Å². The van der Waals surface area contributed by atoms with E-state index in [2.05, 4.69) is 37.2 Å². The van der Waals surface area contributed by atoms with E-state index in [0.29, 0.717) is 10.0 Å². The van der Waals surface area contributed by atoms with Crippen LogP contribution in [0.1, 0.15) is 17.2 Å². The smallest absolute Gasteiger partial charge is 0.137 e. The van der Waals surface area contributed by atoms with Gasteiger partial charge in [-0.3, -0.25) is 0 Å². The zero-order valence-electron chi connectivity index (χ0n) is 10.1. The standard InChI is InChI=1S/C14H11Br2F2N/c1-19-14(8-2-4-13(18)11(16)6-8)10-7-9(15)3-5-12(10)17/h2-7,14,19H,1H3. The lowest BCUT2D eigenvalue weighted by Crippen LogP contribution is -2.19. The van der Waals surface area contributed by atoms with Gasteiger partial charge in [0, 0.05) is 10.0 Å². The lowest BCUT2D eigenvalue weighted by atomic mass is 9.98. The summed E-state index contributed by atoms with van der Waals surface area (Å²) in [5.74, 6) is -0.642. The van der Waals surface area contributed by atoms with E-state index in [-0.39, 0.29) is 17.7 Å². The molecular formula is C14H11Br2F2N. The third kappa shape index (κ3) is 3.22. The van der Waals surface area contributed by atoms with E-state index in [1.807, 2.05) is 0 Å². The maximum Gasteiger partial charge on any atom is 0.137 e. The average Bonchev–Trinajstić information content (AvgIpc) is 2.38. The highest BCUT2D eigenvalue weighted by atomic mass is 79.9. The maximum atomic E-state index is 13.9. The monoisotopic (exact) mass is 389 g/mol. The van der Waals surface area contributed by atoms with Crippen LogP contribution in [0.4, 0.5) is 8.78 Å². The van der Waals surface area contributed by atoms with E-state index in [1.54, 1.807) is 31.3 Å². The second-order valence-corrected chi connectivity index (χ2v) is 5.83. The molecule has 0 aliphatic carbocycles. The van der Waals surface area contributed by atoms with Gasteiger partial charge in [-0.25, -0.2) is 8.78 Å². The molecule has 5 heteroatoms. The molecule has 0 spiro atoms. The molecule has 0 aliphatic heterocycles. The quantitative estimate of drug-likeness (QED) is 0.793. The highest BCUT2D eigenvalue weighted by Gasteiger charge is 2.17. The van der Waals surface area contributed by atoms with Gasteiger partial charge < -0.3 is 5.32 Å². The molecule has 1 nitrogen and oxygen atoms in total. The van der Waals surface area contributed by atoms with Crippen LogP contribution in [0.2, 0.25) is 0 Å². The molecular weight excluding hydrogens is 380 g/mol. The fourth-order valence-corrected chi connectivity index (χ4v) is 2.70. The van der Waals surface area contributed by atoms with Gasteiger partial charge in [0.1, 0.15) is 11.6 Å². The van der Waals surface area contributed by atoms with Crippen LogP contribution < -0.4 is 5.32 Å². The molecule has 0 saturated heterocycles. The summed E-state index contributed by atoms with van der Waals surface area (Å²) < 4.78 is 28.3. The second kappa shape index (κ2) is 6.11. The molecule has 100 valence electrons. The van der Waals surface area contributed by atoms with Gasteiger partial charge in [-0.15, -0.1) is 0 Å². The van der Waals surface area contributed by atoms with Crippen LogP contribution >= 0.6 is 31.9 Å². The number of nitrogens with one attached hydrogen (secondary N) is 1. The Kier molecular flexibility index (Phi) is 4.71. The third-order valence-corrected chi connectivity index (χ3v) is 3.94. The van der Waals surface area contributed by atoms with Crippen molar-refractivity contribution >= 4 is 31.9 Å². The largest absolute Gasteiger partial charge is 0.309 e. The fourth-order valence-electron chi connectivity index (χ4n) is 1.93. The first-order chi connectivity index (χ1) is 9.02. The Morgan fingerprint density at radius 3 is 2.32 bits per heavy atom. The van der Waals surface area contributed by atoms with Crippen LogP contribution in [0, 0.1) is 11.6 Å². The van der Waals surface area contributed by atoms with E-state index in [0.717, 1.165) is 10.0 Å². The van der Waals surface area contributed by atoms with Crippen molar-refractivity contribution in [2.24, 2.45) is 0 Å². The van der Waals surface area contributed by atoms with Crippen molar-refractivity contribution in [3.8, 4) is 0 Å². The van der Waals surface area contributed by atoms with Crippen molar-refractivity contribution in [3.63, 3.8) is 0 Å². The van der Waals surface area contributed by atoms with Crippen molar-refractivity contribution in [2.45, 2.75) is 6.04 Å². The predicted octanol–water partition coefficient (Wildman–Crippen LogP) is 4.80. The Balaban J connectivity index is 2.49. The molecule has 1 unspecified atom stereocenters. The summed E-state index contributed by atoms with van der Waals surface area (Å²) in [6.45, 7) is 0. The normalized spacial score (nSPS) is 12.5. The zero-order chi connectivity index (χ0) is 14.0. The van der Waals surface area contributed by atoms with Gasteiger partial charge in [-0.05, 0) is 58.9 Å². The highest BCUT2D eigenvalue weighted by Crippen LogP contribution is 2.29. The molecule has 0 radical (unpaired) electrons. The predicted molar refractivity (Wildman–Crippen MR) is 79.1 cm³/mol. The Bertz CT molecular complexity index is 602. The van der Waals surface area contributed by atoms with E-state index < -0.39 is 0 Å². The minimum Gasteiger partial charge on any atom is -0.309 e. The van der Waals surface area contributed by atoms with Gasteiger partial charge in [-0.1, -0.05) is 22.0 Å². The fraction of sp³-hybridized carbons (Fsp3) is 0.143. The van der Waals surface area contributed by atoms with Gasteiger partial charge in [0.2, 0.25) is 0 Å². The number of benzene rings is 2. The van der Waals surface area contributed by atoms with Crippen molar-refractivity contribution in [1.29, 1.82) is 0 Å². The number of rotatable bonds is 3. The van der Waals surface area contributed by atoms with E-state index >= 15 is 0 Å². The Morgan fingerprint density at radius 1 is 1.00 bits per heavy atom.